The summed E-state index contributed by atoms with van der Waals surface area (Å²) in [5, 5.41) is 0. The summed E-state index contributed by atoms with van der Waals surface area (Å²) in [5.41, 5.74) is 0.138. The van der Waals surface area contributed by atoms with Gasteiger partial charge in [0.15, 0.2) is 0 Å². The Hall–Kier alpha value is -2.41. The van der Waals surface area contributed by atoms with Gasteiger partial charge in [-0.25, -0.2) is 0 Å². The molecule has 1 aromatic heterocycles. The molecule has 2 N–H and O–H groups in total. The maximum atomic E-state index is 13.2. The smallest absolute Gasteiger partial charge is 0.314 e. The summed E-state index contributed by atoms with van der Waals surface area (Å²) < 4.78 is 0. The fourth-order valence-corrected chi connectivity index (χ4v) is 4.17. The van der Waals surface area contributed by atoms with Crippen LogP contribution in [0, 0.1) is 11.8 Å². The number of carbonyl (C=O) groups is 1. The molecule has 0 spiro atoms. The third-order valence-corrected chi connectivity index (χ3v) is 5.97. The van der Waals surface area contributed by atoms with Crippen LogP contribution in [0.5, 0.6) is 0 Å². The number of hydrogen-bond acceptors (Lipinski definition) is 4. The minimum Gasteiger partial charge on any atom is -0.337 e. The molecule has 1 amide bonds. The van der Waals surface area contributed by atoms with Gasteiger partial charge < -0.3 is 14.9 Å². The molecular weight excluding hydrogens is 356 g/mol. The highest BCUT2D eigenvalue weighted by atomic mass is 16.2. The van der Waals surface area contributed by atoms with E-state index in [1.165, 1.54) is 12.8 Å². The monoisotopic (exact) mass is 384 g/mol. The Kier molecular flexibility index (Phi) is 5.10. The minimum absolute atomic E-state index is 0.0205. The van der Waals surface area contributed by atoms with Crippen molar-refractivity contribution in [1.29, 1.82) is 0 Å². The maximum Gasteiger partial charge on any atom is 0.314 e. The van der Waals surface area contributed by atoms with E-state index in [2.05, 4.69) is 28.7 Å². The van der Waals surface area contributed by atoms with Gasteiger partial charge in [0, 0.05) is 37.8 Å². The average Bonchev–Trinajstić information content (AvgIpc) is 3.49. The van der Waals surface area contributed by atoms with Crippen molar-refractivity contribution in [3.8, 4) is 0 Å². The third kappa shape index (κ3) is 3.90. The van der Waals surface area contributed by atoms with Crippen LogP contribution in [0.1, 0.15) is 43.5 Å². The van der Waals surface area contributed by atoms with Crippen LogP contribution in [0.3, 0.4) is 0 Å². The summed E-state index contributed by atoms with van der Waals surface area (Å²) in [4.78, 5) is 45.9. The first kappa shape index (κ1) is 18.9. The lowest BCUT2D eigenvalue weighted by Crippen LogP contribution is -2.46. The van der Waals surface area contributed by atoms with Crippen molar-refractivity contribution in [2.45, 2.75) is 39.2 Å². The van der Waals surface area contributed by atoms with Crippen molar-refractivity contribution in [3.05, 3.63) is 44.5 Å². The molecule has 1 atom stereocenters. The van der Waals surface area contributed by atoms with Crippen LogP contribution in [0.4, 0.5) is 0 Å². The molecule has 2 aliphatic rings. The number of aromatic nitrogens is 2. The van der Waals surface area contributed by atoms with E-state index in [0.717, 1.165) is 38.5 Å². The van der Waals surface area contributed by atoms with Gasteiger partial charge >= 0.3 is 11.1 Å². The molecule has 4 rings (SSSR count). The molecule has 7 nitrogen and oxygen atoms in total. The number of nitrogens with one attached hydrogen (secondary N) is 2. The second-order valence-electron chi connectivity index (χ2n) is 8.52. The number of nitrogens with zero attached hydrogens (tertiary/aromatic N) is 2. The average molecular weight is 384 g/mol. The topological polar surface area (TPSA) is 89.3 Å². The van der Waals surface area contributed by atoms with E-state index in [1.807, 2.05) is 4.90 Å². The fourth-order valence-electron chi connectivity index (χ4n) is 4.17. The van der Waals surface area contributed by atoms with E-state index < -0.39 is 11.1 Å². The molecule has 2 heterocycles. The van der Waals surface area contributed by atoms with Crippen molar-refractivity contribution < 1.29 is 4.79 Å². The predicted octanol–water partition coefficient (Wildman–Crippen LogP) is 1.80. The van der Waals surface area contributed by atoms with Crippen molar-refractivity contribution in [1.82, 2.24) is 19.8 Å². The van der Waals surface area contributed by atoms with Gasteiger partial charge in [-0.15, -0.1) is 0 Å². The van der Waals surface area contributed by atoms with E-state index in [0.29, 0.717) is 28.6 Å². The number of rotatable bonds is 4. The van der Waals surface area contributed by atoms with Crippen molar-refractivity contribution in [2.75, 3.05) is 26.2 Å². The summed E-state index contributed by atoms with van der Waals surface area (Å²) >= 11 is 0. The van der Waals surface area contributed by atoms with E-state index >= 15 is 0 Å². The number of benzene rings is 1. The Morgan fingerprint density at radius 2 is 1.82 bits per heavy atom. The normalized spacial score (nSPS) is 21.2. The van der Waals surface area contributed by atoms with Crippen LogP contribution < -0.4 is 11.1 Å². The number of fused-ring (bicyclic) bond motifs is 1. The van der Waals surface area contributed by atoms with Gasteiger partial charge in [0.2, 0.25) is 0 Å². The second kappa shape index (κ2) is 7.54. The standard InChI is InChI=1S/C21H28N4O3/c1-13(2)18-12-25(9-3-8-24(18)11-14-4-5-14)21(28)15-6-7-16-17(10-15)23-20(27)19(26)22-16/h6-7,10,13-14,18H,3-5,8-9,11-12H2,1-2H3,(H,22,26)(H,23,27). The molecule has 1 unspecified atom stereocenters. The molecular formula is C21H28N4O3. The predicted molar refractivity (Wildman–Crippen MR) is 109 cm³/mol. The van der Waals surface area contributed by atoms with Crippen LogP contribution in [-0.2, 0) is 0 Å². The first-order valence-corrected chi connectivity index (χ1v) is 10.2. The highest BCUT2D eigenvalue weighted by molar-refractivity contribution is 5.97. The lowest BCUT2D eigenvalue weighted by Gasteiger charge is -2.34. The summed E-state index contributed by atoms with van der Waals surface area (Å²) in [7, 11) is 0. The van der Waals surface area contributed by atoms with Crippen LogP contribution in [0.25, 0.3) is 11.0 Å². The molecule has 2 fully saturated rings. The number of carbonyl (C=O) groups excluding carboxylic acids is 1. The van der Waals surface area contributed by atoms with Crippen LogP contribution in [0.15, 0.2) is 27.8 Å². The van der Waals surface area contributed by atoms with Gasteiger partial charge in [0.25, 0.3) is 5.91 Å². The van der Waals surface area contributed by atoms with Crippen LogP contribution >= 0.6 is 0 Å². The molecule has 0 bridgehead atoms. The zero-order valence-corrected chi connectivity index (χ0v) is 16.5. The number of amides is 1. The molecule has 7 heteroatoms. The molecule has 1 aliphatic heterocycles. The number of H-pyrrole nitrogens is 2. The minimum atomic E-state index is -0.706. The largest absolute Gasteiger partial charge is 0.337 e. The molecule has 0 radical (unpaired) electrons. The SMILES string of the molecule is CC(C)C1CN(C(=O)c2ccc3[nH]c(=O)c(=O)[nH]c3c2)CCCN1CC1CC1. The second-order valence-corrected chi connectivity index (χ2v) is 8.52. The highest BCUT2D eigenvalue weighted by Crippen LogP contribution is 2.32. The molecule has 1 saturated carbocycles. The first-order chi connectivity index (χ1) is 13.4. The molecule has 1 aliphatic carbocycles. The molecule has 150 valence electrons. The summed E-state index contributed by atoms with van der Waals surface area (Å²) in [6.07, 6.45) is 3.64. The molecule has 1 saturated heterocycles. The van der Waals surface area contributed by atoms with E-state index in [9.17, 15) is 14.4 Å². The molecule has 1 aromatic carbocycles. The fraction of sp³-hybridized carbons (Fsp3) is 0.571. The molecule has 2 aromatic rings. The zero-order valence-electron chi connectivity index (χ0n) is 16.5. The third-order valence-electron chi connectivity index (χ3n) is 5.97. The van der Waals surface area contributed by atoms with Crippen LogP contribution in [-0.4, -0.2) is 57.9 Å². The maximum absolute atomic E-state index is 13.2. The summed E-state index contributed by atoms with van der Waals surface area (Å²) in [5.74, 6) is 1.29. The van der Waals surface area contributed by atoms with Gasteiger partial charge in [-0.05, 0) is 49.3 Å². The first-order valence-electron chi connectivity index (χ1n) is 10.2. The zero-order chi connectivity index (χ0) is 19.8. The van der Waals surface area contributed by atoms with Crippen molar-refractivity contribution in [2.24, 2.45) is 11.8 Å². The van der Waals surface area contributed by atoms with Gasteiger partial charge in [-0.3, -0.25) is 19.3 Å². The summed E-state index contributed by atoms with van der Waals surface area (Å²) in [6, 6.07) is 5.42. The van der Waals surface area contributed by atoms with E-state index in [-0.39, 0.29) is 5.91 Å². The summed E-state index contributed by atoms with van der Waals surface area (Å²) in [6.45, 7) is 8.11. The van der Waals surface area contributed by atoms with E-state index in [1.54, 1.807) is 18.2 Å². The Bertz CT molecular complexity index is 989. The number of aromatic amines is 2. The Morgan fingerprint density at radius 1 is 1.11 bits per heavy atom. The van der Waals surface area contributed by atoms with Gasteiger partial charge in [0.1, 0.15) is 0 Å². The van der Waals surface area contributed by atoms with Crippen molar-refractivity contribution >= 4 is 16.9 Å². The lowest BCUT2D eigenvalue weighted by atomic mass is 10.0. The van der Waals surface area contributed by atoms with Gasteiger partial charge in [-0.2, -0.15) is 0 Å². The van der Waals surface area contributed by atoms with Crippen molar-refractivity contribution in [3.63, 3.8) is 0 Å². The van der Waals surface area contributed by atoms with E-state index in [4.69, 9.17) is 0 Å². The Morgan fingerprint density at radius 3 is 2.50 bits per heavy atom. The van der Waals surface area contributed by atoms with Gasteiger partial charge in [-0.1, -0.05) is 13.8 Å². The Labute approximate surface area is 163 Å². The van der Waals surface area contributed by atoms with Crippen LogP contribution in [0.2, 0.25) is 0 Å². The van der Waals surface area contributed by atoms with Gasteiger partial charge in [0.05, 0.1) is 11.0 Å². The lowest BCUT2D eigenvalue weighted by molar-refractivity contribution is 0.0704. The number of hydrogen-bond donors (Lipinski definition) is 2. The Balaban J connectivity index is 1.57. The quantitative estimate of drug-likeness (QED) is 0.787. The molecule has 28 heavy (non-hydrogen) atoms. The highest BCUT2D eigenvalue weighted by Gasteiger charge is 2.33.